The number of rotatable bonds is 6. The number of carbonyl (C=O) groups excluding carboxylic acids is 1. The average molecular weight is 410 g/mol. The Morgan fingerprint density at radius 1 is 1.03 bits per heavy atom. The van der Waals surface area contributed by atoms with Gasteiger partial charge in [-0.15, -0.1) is 0 Å². The summed E-state index contributed by atoms with van der Waals surface area (Å²) in [7, 11) is 4.04. The maximum atomic E-state index is 13.4. The molecule has 1 amide bonds. The van der Waals surface area contributed by atoms with E-state index in [2.05, 4.69) is 62.9 Å². The minimum atomic E-state index is 0.00193. The van der Waals surface area contributed by atoms with Crippen LogP contribution < -0.4 is 4.90 Å². The molecule has 0 aliphatic carbocycles. The zero-order valence-electron chi connectivity index (χ0n) is 18.3. The molecule has 0 unspecified atom stereocenters. The molecule has 0 aliphatic rings. The number of amides is 1. The van der Waals surface area contributed by atoms with Crippen molar-refractivity contribution in [1.29, 1.82) is 0 Å². The molecule has 0 N–H and O–H groups in total. The number of benzene rings is 2. The third-order valence-corrected chi connectivity index (χ3v) is 6.14. The van der Waals surface area contributed by atoms with Gasteiger partial charge in [0.05, 0.1) is 10.2 Å². The van der Waals surface area contributed by atoms with Gasteiger partial charge in [0.15, 0.2) is 5.13 Å². The molecule has 0 radical (unpaired) electrons. The Balaban J connectivity index is 1.95. The van der Waals surface area contributed by atoms with Gasteiger partial charge in [0.1, 0.15) is 0 Å². The molecule has 0 saturated carbocycles. The number of hydrogen-bond donors (Lipinski definition) is 0. The lowest BCUT2D eigenvalue weighted by Gasteiger charge is -2.23. The van der Waals surface area contributed by atoms with Crippen LogP contribution >= 0.6 is 11.3 Å². The van der Waals surface area contributed by atoms with Crippen LogP contribution in [0.2, 0.25) is 0 Å². The Kier molecular flexibility index (Phi) is 6.39. The summed E-state index contributed by atoms with van der Waals surface area (Å²) in [5.41, 5.74) is 4.23. The summed E-state index contributed by atoms with van der Waals surface area (Å²) in [5, 5.41) is 0.764. The Morgan fingerprint density at radius 2 is 1.72 bits per heavy atom. The fourth-order valence-corrected chi connectivity index (χ4v) is 4.20. The highest BCUT2D eigenvalue weighted by Gasteiger charge is 2.22. The summed E-state index contributed by atoms with van der Waals surface area (Å²) in [6, 6.07) is 14.3. The van der Waals surface area contributed by atoms with E-state index in [0.29, 0.717) is 12.1 Å². The standard InChI is InChI=1S/C24H31N3OS/c1-7-17-8-13-20-21(16-17)29-23(25-20)27(15-14-26(5)6)22(28)18-9-11-19(12-10-18)24(2,3)4/h8-13,16H,7,14-15H2,1-6H3. The van der Waals surface area contributed by atoms with E-state index in [-0.39, 0.29) is 11.3 Å². The quantitative estimate of drug-likeness (QED) is 0.549. The lowest BCUT2D eigenvalue weighted by Crippen LogP contribution is -2.36. The molecule has 0 aliphatic heterocycles. The summed E-state index contributed by atoms with van der Waals surface area (Å²) in [4.78, 5) is 22.1. The lowest BCUT2D eigenvalue weighted by molar-refractivity contribution is 0.0985. The molecular weight excluding hydrogens is 378 g/mol. The Morgan fingerprint density at radius 3 is 2.31 bits per heavy atom. The van der Waals surface area contributed by atoms with Crippen LogP contribution in [-0.4, -0.2) is 43.0 Å². The maximum Gasteiger partial charge on any atom is 0.260 e. The summed E-state index contributed by atoms with van der Waals surface area (Å²) in [6.45, 7) is 10.1. The Hall–Kier alpha value is -2.24. The molecule has 154 valence electrons. The van der Waals surface area contributed by atoms with Crippen molar-refractivity contribution < 1.29 is 4.79 Å². The first-order valence-corrected chi connectivity index (χ1v) is 11.0. The molecule has 0 atom stereocenters. The van der Waals surface area contributed by atoms with Crippen LogP contribution in [0, 0.1) is 0 Å². The van der Waals surface area contributed by atoms with Gasteiger partial charge in [0, 0.05) is 18.7 Å². The van der Waals surface area contributed by atoms with Crippen LogP contribution in [0.5, 0.6) is 0 Å². The second-order valence-electron chi connectivity index (χ2n) is 8.74. The first-order chi connectivity index (χ1) is 13.7. The van der Waals surface area contributed by atoms with E-state index in [1.54, 1.807) is 11.3 Å². The molecule has 4 nitrogen and oxygen atoms in total. The van der Waals surface area contributed by atoms with Crippen LogP contribution in [-0.2, 0) is 11.8 Å². The molecule has 2 aromatic carbocycles. The van der Waals surface area contributed by atoms with Crippen molar-refractivity contribution in [3.8, 4) is 0 Å². The molecule has 0 spiro atoms. The van der Waals surface area contributed by atoms with Crippen LogP contribution in [0.3, 0.4) is 0 Å². The van der Waals surface area contributed by atoms with Crippen molar-refractivity contribution in [2.24, 2.45) is 0 Å². The SMILES string of the molecule is CCc1ccc2nc(N(CCN(C)C)C(=O)c3ccc(C(C)(C)C)cc3)sc2c1. The first kappa shape index (κ1) is 21.5. The fourth-order valence-electron chi connectivity index (χ4n) is 3.14. The monoisotopic (exact) mass is 409 g/mol. The third kappa shape index (κ3) is 5.03. The molecule has 0 saturated heterocycles. The molecule has 0 fully saturated rings. The number of aromatic nitrogens is 1. The smallest absolute Gasteiger partial charge is 0.260 e. The van der Waals surface area contributed by atoms with Crippen molar-refractivity contribution in [3.63, 3.8) is 0 Å². The molecule has 3 aromatic rings. The Labute approximate surface area is 178 Å². The van der Waals surface area contributed by atoms with Crippen LogP contribution in [0.1, 0.15) is 49.2 Å². The van der Waals surface area contributed by atoms with Crippen molar-refractivity contribution in [2.45, 2.75) is 39.5 Å². The number of carbonyl (C=O) groups is 1. The second-order valence-corrected chi connectivity index (χ2v) is 9.75. The highest BCUT2D eigenvalue weighted by molar-refractivity contribution is 7.22. The number of nitrogens with zero attached hydrogens (tertiary/aromatic N) is 3. The summed E-state index contributed by atoms with van der Waals surface area (Å²) >= 11 is 1.59. The molecule has 0 bridgehead atoms. The van der Waals surface area contributed by atoms with Gasteiger partial charge < -0.3 is 4.90 Å². The zero-order valence-corrected chi connectivity index (χ0v) is 19.1. The number of thiazole rings is 1. The van der Waals surface area contributed by atoms with Crippen LogP contribution in [0.15, 0.2) is 42.5 Å². The van der Waals surface area contributed by atoms with Crippen molar-refractivity contribution in [3.05, 3.63) is 59.2 Å². The van der Waals surface area contributed by atoms with E-state index in [1.807, 2.05) is 31.1 Å². The molecule has 1 aromatic heterocycles. The van der Waals surface area contributed by atoms with Gasteiger partial charge in [-0.2, -0.15) is 0 Å². The normalized spacial score (nSPS) is 12.0. The van der Waals surface area contributed by atoms with Gasteiger partial charge in [0.2, 0.25) is 0 Å². The van der Waals surface area contributed by atoms with Gasteiger partial charge >= 0.3 is 0 Å². The maximum absolute atomic E-state index is 13.4. The molecule has 3 rings (SSSR count). The number of aryl methyl sites for hydroxylation is 1. The summed E-state index contributed by atoms with van der Waals surface area (Å²) in [5.74, 6) is 0.00193. The molecule has 1 heterocycles. The van der Waals surface area contributed by atoms with E-state index < -0.39 is 0 Å². The van der Waals surface area contributed by atoms with Gasteiger partial charge in [-0.3, -0.25) is 9.69 Å². The highest BCUT2D eigenvalue weighted by atomic mass is 32.1. The third-order valence-electron chi connectivity index (χ3n) is 5.09. The van der Waals surface area contributed by atoms with Gasteiger partial charge in [0.25, 0.3) is 5.91 Å². The lowest BCUT2D eigenvalue weighted by atomic mass is 9.86. The molecular formula is C24H31N3OS. The van der Waals surface area contributed by atoms with Crippen molar-refractivity contribution in [2.75, 3.05) is 32.1 Å². The van der Waals surface area contributed by atoms with Gasteiger partial charge in [-0.1, -0.05) is 57.2 Å². The van der Waals surface area contributed by atoms with Gasteiger partial charge in [-0.25, -0.2) is 4.98 Å². The topological polar surface area (TPSA) is 36.4 Å². The largest absolute Gasteiger partial charge is 0.308 e. The first-order valence-electron chi connectivity index (χ1n) is 10.2. The van der Waals surface area contributed by atoms with E-state index in [1.165, 1.54) is 11.1 Å². The predicted octanol–water partition coefficient (Wildman–Crippen LogP) is 5.36. The van der Waals surface area contributed by atoms with E-state index >= 15 is 0 Å². The van der Waals surface area contributed by atoms with E-state index in [9.17, 15) is 4.79 Å². The zero-order chi connectivity index (χ0) is 21.2. The molecule has 5 heteroatoms. The average Bonchev–Trinajstić information content (AvgIpc) is 3.09. The van der Waals surface area contributed by atoms with Crippen molar-refractivity contribution in [1.82, 2.24) is 9.88 Å². The van der Waals surface area contributed by atoms with Crippen molar-refractivity contribution >= 4 is 32.6 Å². The van der Waals surface area contributed by atoms with Crippen LogP contribution in [0.4, 0.5) is 5.13 Å². The fraction of sp³-hybridized carbons (Fsp3) is 0.417. The Bertz CT molecular complexity index is 984. The number of anilines is 1. The molecule has 29 heavy (non-hydrogen) atoms. The number of likely N-dealkylation sites (N-methyl/N-ethyl adjacent to an activating group) is 1. The predicted molar refractivity (Wildman–Crippen MR) is 124 cm³/mol. The minimum Gasteiger partial charge on any atom is -0.308 e. The van der Waals surface area contributed by atoms with Crippen LogP contribution in [0.25, 0.3) is 10.2 Å². The minimum absolute atomic E-state index is 0.00193. The van der Waals surface area contributed by atoms with E-state index in [0.717, 1.165) is 28.3 Å². The van der Waals surface area contributed by atoms with E-state index in [4.69, 9.17) is 4.98 Å². The highest BCUT2D eigenvalue weighted by Crippen LogP contribution is 2.31. The summed E-state index contributed by atoms with van der Waals surface area (Å²) in [6.07, 6.45) is 0.993. The number of fused-ring (bicyclic) bond motifs is 1. The number of hydrogen-bond acceptors (Lipinski definition) is 4. The van der Waals surface area contributed by atoms with Gasteiger partial charge in [-0.05, 0) is 61.3 Å². The second kappa shape index (κ2) is 8.64. The summed E-state index contributed by atoms with van der Waals surface area (Å²) < 4.78 is 1.13.